The zero-order chi connectivity index (χ0) is 13.0. The molecule has 0 aliphatic carbocycles. The van der Waals surface area contributed by atoms with Crippen LogP contribution in [0.15, 0.2) is 24.3 Å². The summed E-state index contributed by atoms with van der Waals surface area (Å²) in [5.41, 5.74) is 7.21. The summed E-state index contributed by atoms with van der Waals surface area (Å²) >= 11 is 6.03. The Balaban J connectivity index is 2.13. The van der Waals surface area contributed by atoms with Gasteiger partial charge in [-0.2, -0.15) is 0 Å². The Morgan fingerprint density at radius 3 is 3.00 bits per heavy atom. The molecule has 1 saturated heterocycles. The second kappa shape index (κ2) is 6.53. The highest BCUT2D eigenvalue weighted by atomic mass is 35.5. The standard InChI is InChI=1S/C14H20ClNO2/c1-2-13(16)14(18-12-6-7-17-9-12)10-4-3-5-11(15)8-10/h3-5,8,12-14H,2,6-7,9,16H2,1H3. The first kappa shape index (κ1) is 13.8. The maximum absolute atomic E-state index is 6.17. The summed E-state index contributed by atoms with van der Waals surface area (Å²) in [5.74, 6) is 0. The summed E-state index contributed by atoms with van der Waals surface area (Å²) in [6, 6.07) is 7.71. The molecule has 1 fully saturated rings. The van der Waals surface area contributed by atoms with Gasteiger partial charge in [0.15, 0.2) is 0 Å². The zero-order valence-electron chi connectivity index (χ0n) is 10.6. The first-order valence-corrected chi connectivity index (χ1v) is 6.82. The van der Waals surface area contributed by atoms with Gasteiger partial charge in [0.2, 0.25) is 0 Å². The summed E-state index contributed by atoms with van der Waals surface area (Å²) < 4.78 is 11.4. The fraction of sp³-hybridized carbons (Fsp3) is 0.571. The Hall–Kier alpha value is -0.610. The second-order valence-electron chi connectivity index (χ2n) is 4.67. The average molecular weight is 270 g/mol. The van der Waals surface area contributed by atoms with Crippen LogP contribution in [-0.4, -0.2) is 25.4 Å². The van der Waals surface area contributed by atoms with Gasteiger partial charge in [0.05, 0.1) is 18.8 Å². The Morgan fingerprint density at radius 2 is 2.39 bits per heavy atom. The van der Waals surface area contributed by atoms with E-state index in [4.69, 9.17) is 26.8 Å². The molecule has 0 radical (unpaired) electrons. The van der Waals surface area contributed by atoms with Crippen molar-refractivity contribution >= 4 is 11.6 Å². The smallest absolute Gasteiger partial charge is 0.0981 e. The number of ether oxygens (including phenoxy) is 2. The predicted molar refractivity (Wildman–Crippen MR) is 72.8 cm³/mol. The van der Waals surface area contributed by atoms with Gasteiger partial charge in [-0.1, -0.05) is 30.7 Å². The minimum atomic E-state index is -0.111. The molecule has 1 aromatic carbocycles. The van der Waals surface area contributed by atoms with Gasteiger partial charge in [-0.25, -0.2) is 0 Å². The summed E-state index contributed by atoms with van der Waals surface area (Å²) in [7, 11) is 0. The summed E-state index contributed by atoms with van der Waals surface area (Å²) in [6.07, 6.45) is 1.84. The second-order valence-corrected chi connectivity index (χ2v) is 5.11. The lowest BCUT2D eigenvalue weighted by molar-refractivity contribution is -0.0301. The number of benzene rings is 1. The minimum Gasteiger partial charge on any atom is -0.379 e. The lowest BCUT2D eigenvalue weighted by Crippen LogP contribution is -2.32. The molecule has 0 saturated carbocycles. The van der Waals surface area contributed by atoms with Crippen LogP contribution in [0.3, 0.4) is 0 Å². The summed E-state index contributed by atoms with van der Waals surface area (Å²) in [5, 5.41) is 0.715. The normalized spacial score (nSPS) is 22.9. The van der Waals surface area contributed by atoms with E-state index in [1.165, 1.54) is 0 Å². The van der Waals surface area contributed by atoms with E-state index in [1.807, 2.05) is 24.3 Å². The molecular formula is C14H20ClNO2. The molecule has 0 amide bonds. The van der Waals surface area contributed by atoms with Crippen LogP contribution in [-0.2, 0) is 9.47 Å². The van der Waals surface area contributed by atoms with E-state index in [9.17, 15) is 0 Å². The zero-order valence-corrected chi connectivity index (χ0v) is 11.4. The third-order valence-electron chi connectivity index (χ3n) is 3.26. The molecule has 1 heterocycles. The third-order valence-corrected chi connectivity index (χ3v) is 3.50. The van der Waals surface area contributed by atoms with Gasteiger partial charge in [0, 0.05) is 17.7 Å². The van der Waals surface area contributed by atoms with Crippen molar-refractivity contribution in [3.8, 4) is 0 Å². The van der Waals surface area contributed by atoms with E-state index >= 15 is 0 Å². The van der Waals surface area contributed by atoms with Gasteiger partial charge in [-0.05, 0) is 30.5 Å². The van der Waals surface area contributed by atoms with Crippen molar-refractivity contribution in [3.05, 3.63) is 34.9 Å². The maximum Gasteiger partial charge on any atom is 0.0981 e. The van der Waals surface area contributed by atoms with Crippen molar-refractivity contribution < 1.29 is 9.47 Å². The predicted octanol–water partition coefficient (Wildman–Crippen LogP) is 2.92. The van der Waals surface area contributed by atoms with Crippen molar-refractivity contribution in [1.82, 2.24) is 0 Å². The third kappa shape index (κ3) is 3.45. The lowest BCUT2D eigenvalue weighted by atomic mass is 10.0. The number of hydrogen-bond acceptors (Lipinski definition) is 3. The first-order valence-electron chi connectivity index (χ1n) is 6.45. The van der Waals surface area contributed by atoms with Crippen LogP contribution in [0, 0.1) is 0 Å². The van der Waals surface area contributed by atoms with Gasteiger partial charge in [-0.3, -0.25) is 0 Å². The number of nitrogens with two attached hydrogens (primary N) is 1. The molecule has 0 aromatic heterocycles. The lowest BCUT2D eigenvalue weighted by Gasteiger charge is -2.26. The van der Waals surface area contributed by atoms with Crippen LogP contribution >= 0.6 is 11.6 Å². The Bertz CT molecular complexity index is 380. The molecule has 3 unspecified atom stereocenters. The van der Waals surface area contributed by atoms with Crippen LogP contribution in [0.1, 0.15) is 31.4 Å². The highest BCUT2D eigenvalue weighted by Crippen LogP contribution is 2.27. The molecule has 2 rings (SSSR count). The van der Waals surface area contributed by atoms with Gasteiger partial charge in [0.1, 0.15) is 0 Å². The molecule has 18 heavy (non-hydrogen) atoms. The number of halogens is 1. The van der Waals surface area contributed by atoms with E-state index in [2.05, 4.69) is 6.92 Å². The van der Waals surface area contributed by atoms with Crippen molar-refractivity contribution in [1.29, 1.82) is 0 Å². The Labute approximate surface area is 113 Å². The van der Waals surface area contributed by atoms with Crippen LogP contribution in [0.4, 0.5) is 0 Å². The Morgan fingerprint density at radius 1 is 1.56 bits per heavy atom. The van der Waals surface area contributed by atoms with E-state index in [1.54, 1.807) is 0 Å². The molecule has 0 bridgehead atoms. The summed E-state index contributed by atoms with van der Waals surface area (Å²) in [6.45, 7) is 3.50. The van der Waals surface area contributed by atoms with E-state index in [-0.39, 0.29) is 18.2 Å². The van der Waals surface area contributed by atoms with Crippen LogP contribution in [0.2, 0.25) is 5.02 Å². The van der Waals surface area contributed by atoms with Crippen LogP contribution in [0.25, 0.3) is 0 Å². The molecule has 3 nitrogen and oxygen atoms in total. The molecule has 1 aliphatic rings. The monoisotopic (exact) mass is 269 g/mol. The highest BCUT2D eigenvalue weighted by molar-refractivity contribution is 6.30. The van der Waals surface area contributed by atoms with E-state index in [0.29, 0.717) is 11.6 Å². The van der Waals surface area contributed by atoms with Gasteiger partial charge >= 0.3 is 0 Å². The van der Waals surface area contributed by atoms with Gasteiger partial charge in [-0.15, -0.1) is 0 Å². The SMILES string of the molecule is CCC(N)C(OC1CCOC1)c1cccc(Cl)c1. The summed E-state index contributed by atoms with van der Waals surface area (Å²) in [4.78, 5) is 0. The molecule has 1 aromatic rings. The minimum absolute atomic E-state index is 0.0240. The molecule has 0 spiro atoms. The largest absolute Gasteiger partial charge is 0.379 e. The molecule has 1 aliphatic heterocycles. The van der Waals surface area contributed by atoms with Crippen LogP contribution in [0.5, 0.6) is 0 Å². The van der Waals surface area contributed by atoms with E-state index < -0.39 is 0 Å². The average Bonchev–Trinajstić information content (AvgIpc) is 2.88. The number of hydrogen-bond donors (Lipinski definition) is 1. The highest BCUT2D eigenvalue weighted by Gasteiger charge is 2.26. The van der Waals surface area contributed by atoms with Crippen molar-refractivity contribution in [2.75, 3.05) is 13.2 Å². The number of rotatable bonds is 5. The topological polar surface area (TPSA) is 44.5 Å². The molecule has 100 valence electrons. The van der Waals surface area contributed by atoms with Gasteiger partial charge in [0.25, 0.3) is 0 Å². The van der Waals surface area contributed by atoms with E-state index in [0.717, 1.165) is 25.0 Å². The fourth-order valence-electron chi connectivity index (χ4n) is 2.15. The molecule has 4 heteroatoms. The Kier molecular flexibility index (Phi) is 5.01. The molecule has 3 atom stereocenters. The quantitative estimate of drug-likeness (QED) is 0.894. The van der Waals surface area contributed by atoms with Crippen molar-refractivity contribution in [3.63, 3.8) is 0 Å². The van der Waals surface area contributed by atoms with Gasteiger partial charge < -0.3 is 15.2 Å². The van der Waals surface area contributed by atoms with Crippen LogP contribution < -0.4 is 5.73 Å². The van der Waals surface area contributed by atoms with Crippen molar-refractivity contribution in [2.24, 2.45) is 5.73 Å². The first-order chi connectivity index (χ1) is 8.70. The maximum atomic E-state index is 6.17. The fourth-order valence-corrected chi connectivity index (χ4v) is 2.35. The molecular weight excluding hydrogens is 250 g/mol. The van der Waals surface area contributed by atoms with Crippen molar-refractivity contribution in [2.45, 2.75) is 38.0 Å². The molecule has 2 N–H and O–H groups in total.